The van der Waals surface area contributed by atoms with E-state index in [1.165, 1.54) is 11.3 Å². The standard InChI is InChI=1S/C10H11NO2S/c1-11-6-3-2-4-8-5-7-14-9(8)10(12)13/h5,7,11H,3,6H2,1H3,(H,12,13). The Morgan fingerprint density at radius 2 is 2.50 bits per heavy atom. The normalized spacial score (nSPS) is 9.21. The summed E-state index contributed by atoms with van der Waals surface area (Å²) in [7, 11) is 1.86. The Balaban J connectivity index is 2.69. The highest BCUT2D eigenvalue weighted by Crippen LogP contribution is 2.15. The van der Waals surface area contributed by atoms with E-state index in [4.69, 9.17) is 5.11 Å². The van der Waals surface area contributed by atoms with Gasteiger partial charge in [-0.15, -0.1) is 11.3 Å². The molecule has 0 unspecified atom stereocenters. The lowest BCUT2D eigenvalue weighted by molar-refractivity contribution is 0.0702. The van der Waals surface area contributed by atoms with E-state index in [2.05, 4.69) is 17.2 Å². The average molecular weight is 209 g/mol. The van der Waals surface area contributed by atoms with Gasteiger partial charge in [0.05, 0.1) is 0 Å². The van der Waals surface area contributed by atoms with E-state index in [1.54, 1.807) is 11.4 Å². The Kier molecular flexibility index (Phi) is 4.17. The third-order valence-corrected chi connectivity index (χ3v) is 2.48. The topological polar surface area (TPSA) is 49.3 Å². The van der Waals surface area contributed by atoms with Crippen molar-refractivity contribution in [2.75, 3.05) is 13.6 Å². The number of nitrogens with one attached hydrogen (secondary N) is 1. The fourth-order valence-corrected chi connectivity index (χ4v) is 1.61. The fraction of sp³-hybridized carbons (Fsp3) is 0.300. The number of aromatic carboxylic acids is 1. The lowest BCUT2D eigenvalue weighted by atomic mass is 10.2. The molecule has 0 aliphatic carbocycles. The highest BCUT2D eigenvalue weighted by Gasteiger charge is 2.08. The number of carbonyl (C=O) groups is 1. The van der Waals surface area contributed by atoms with Crippen LogP contribution in [0.1, 0.15) is 21.7 Å². The molecule has 0 aliphatic heterocycles. The minimum Gasteiger partial charge on any atom is -0.477 e. The summed E-state index contributed by atoms with van der Waals surface area (Å²) in [4.78, 5) is 11.0. The molecule has 0 aromatic carbocycles. The van der Waals surface area contributed by atoms with Crippen LogP contribution < -0.4 is 5.32 Å². The molecule has 0 amide bonds. The first-order valence-electron chi connectivity index (χ1n) is 4.20. The number of carboxylic acid groups (broad SMARTS) is 1. The molecule has 0 bridgehead atoms. The van der Waals surface area contributed by atoms with E-state index in [9.17, 15) is 4.79 Å². The van der Waals surface area contributed by atoms with Gasteiger partial charge in [-0.25, -0.2) is 4.79 Å². The molecule has 74 valence electrons. The molecule has 0 atom stereocenters. The quantitative estimate of drug-likeness (QED) is 0.584. The number of thiophene rings is 1. The van der Waals surface area contributed by atoms with Crippen LogP contribution in [0.15, 0.2) is 11.4 Å². The number of carboxylic acids is 1. The monoisotopic (exact) mass is 209 g/mol. The smallest absolute Gasteiger partial charge is 0.347 e. The number of hydrogen-bond acceptors (Lipinski definition) is 3. The van der Waals surface area contributed by atoms with Crippen LogP contribution >= 0.6 is 11.3 Å². The molecule has 4 heteroatoms. The lowest BCUT2D eigenvalue weighted by Crippen LogP contribution is -2.05. The van der Waals surface area contributed by atoms with Gasteiger partial charge in [0.25, 0.3) is 0 Å². The van der Waals surface area contributed by atoms with E-state index >= 15 is 0 Å². The van der Waals surface area contributed by atoms with Gasteiger partial charge >= 0.3 is 5.97 Å². The van der Waals surface area contributed by atoms with Crippen molar-refractivity contribution < 1.29 is 9.90 Å². The molecule has 0 radical (unpaired) electrons. The van der Waals surface area contributed by atoms with Gasteiger partial charge in [-0.2, -0.15) is 0 Å². The van der Waals surface area contributed by atoms with Crippen LogP contribution in [-0.4, -0.2) is 24.7 Å². The third kappa shape index (κ3) is 2.87. The van der Waals surface area contributed by atoms with Crippen molar-refractivity contribution in [1.29, 1.82) is 0 Å². The molecule has 0 saturated carbocycles. The molecule has 0 spiro atoms. The highest BCUT2D eigenvalue weighted by molar-refractivity contribution is 7.12. The predicted molar refractivity (Wildman–Crippen MR) is 56.7 cm³/mol. The first kappa shape index (κ1) is 10.8. The molecular formula is C10H11NO2S. The third-order valence-electron chi connectivity index (χ3n) is 1.58. The van der Waals surface area contributed by atoms with Crippen molar-refractivity contribution in [3.63, 3.8) is 0 Å². The Bertz CT molecular complexity index is 373. The lowest BCUT2D eigenvalue weighted by Gasteiger charge is -1.89. The molecule has 14 heavy (non-hydrogen) atoms. The molecule has 1 aromatic rings. The minimum atomic E-state index is -0.905. The van der Waals surface area contributed by atoms with Gasteiger partial charge in [0, 0.05) is 18.5 Å². The summed E-state index contributed by atoms with van der Waals surface area (Å²) in [6, 6.07) is 1.74. The fourth-order valence-electron chi connectivity index (χ4n) is 0.919. The van der Waals surface area contributed by atoms with Gasteiger partial charge in [-0.05, 0) is 18.5 Å². The zero-order chi connectivity index (χ0) is 10.4. The van der Waals surface area contributed by atoms with Crippen molar-refractivity contribution in [3.8, 4) is 11.8 Å². The maximum absolute atomic E-state index is 10.7. The van der Waals surface area contributed by atoms with Crippen LogP contribution in [0.25, 0.3) is 0 Å². The summed E-state index contributed by atoms with van der Waals surface area (Å²) in [5.74, 6) is 4.86. The van der Waals surface area contributed by atoms with Gasteiger partial charge in [0.1, 0.15) is 4.88 Å². The molecule has 0 saturated heterocycles. The Hall–Kier alpha value is -1.31. The SMILES string of the molecule is CNCCC#Cc1ccsc1C(=O)O. The summed E-state index contributed by atoms with van der Waals surface area (Å²) in [5, 5.41) is 13.5. The zero-order valence-electron chi connectivity index (χ0n) is 7.83. The summed E-state index contributed by atoms with van der Waals surface area (Å²) >= 11 is 1.20. The molecule has 3 nitrogen and oxygen atoms in total. The van der Waals surface area contributed by atoms with Crippen molar-refractivity contribution in [1.82, 2.24) is 5.32 Å². The summed E-state index contributed by atoms with van der Waals surface area (Å²) in [5.41, 5.74) is 0.610. The van der Waals surface area contributed by atoms with Gasteiger partial charge in [-0.1, -0.05) is 11.8 Å². The van der Waals surface area contributed by atoms with Gasteiger partial charge in [-0.3, -0.25) is 0 Å². The first-order chi connectivity index (χ1) is 6.75. The molecule has 0 fully saturated rings. The Morgan fingerprint density at radius 3 is 3.14 bits per heavy atom. The minimum absolute atomic E-state index is 0.321. The largest absolute Gasteiger partial charge is 0.477 e. The second-order valence-corrected chi connectivity index (χ2v) is 3.54. The van der Waals surface area contributed by atoms with Crippen LogP contribution in [0.2, 0.25) is 0 Å². The molecule has 2 N–H and O–H groups in total. The van der Waals surface area contributed by atoms with E-state index in [0.29, 0.717) is 10.4 Å². The number of hydrogen-bond donors (Lipinski definition) is 2. The van der Waals surface area contributed by atoms with Crippen molar-refractivity contribution >= 4 is 17.3 Å². The van der Waals surface area contributed by atoms with Crippen molar-refractivity contribution in [2.24, 2.45) is 0 Å². The molecular weight excluding hydrogens is 198 g/mol. The Labute approximate surface area is 86.8 Å². The summed E-state index contributed by atoms with van der Waals surface area (Å²) in [6.07, 6.45) is 0.728. The summed E-state index contributed by atoms with van der Waals surface area (Å²) in [6.45, 7) is 0.819. The molecule has 1 rings (SSSR count). The van der Waals surface area contributed by atoms with Crippen LogP contribution in [0.4, 0.5) is 0 Å². The number of rotatable bonds is 3. The van der Waals surface area contributed by atoms with E-state index in [1.807, 2.05) is 7.05 Å². The second kappa shape index (κ2) is 5.43. The van der Waals surface area contributed by atoms with Crippen molar-refractivity contribution in [3.05, 3.63) is 21.9 Å². The molecule has 1 heterocycles. The van der Waals surface area contributed by atoms with E-state index in [-0.39, 0.29) is 0 Å². The zero-order valence-corrected chi connectivity index (χ0v) is 8.65. The average Bonchev–Trinajstić information content (AvgIpc) is 2.60. The van der Waals surface area contributed by atoms with Crippen LogP contribution in [0.3, 0.4) is 0 Å². The van der Waals surface area contributed by atoms with Crippen LogP contribution in [-0.2, 0) is 0 Å². The van der Waals surface area contributed by atoms with Crippen molar-refractivity contribution in [2.45, 2.75) is 6.42 Å². The Morgan fingerprint density at radius 1 is 1.71 bits per heavy atom. The maximum Gasteiger partial charge on any atom is 0.347 e. The second-order valence-electron chi connectivity index (χ2n) is 2.62. The van der Waals surface area contributed by atoms with E-state index < -0.39 is 5.97 Å². The predicted octanol–water partition coefficient (Wildman–Crippen LogP) is 1.41. The van der Waals surface area contributed by atoms with Crippen LogP contribution in [0.5, 0.6) is 0 Å². The van der Waals surface area contributed by atoms with Gasteiger partial charge in [0.15, 0.2) is 0 Å². The van der Waals surface area contributed by atoms with E-state index in [0.717, 1.165) is 13.0 Å². The van der Waals surface area contributed by atoms with Gasteiger partial charge in [0.2, 0.25) is 0 Å². The molecule has 1 aromatic heterocycles. The van der Waals surface area contributed by atoms with Gasteiger partial charge < -0.3 is 10.4 Å². The maximum atomic E-state index is 10.7. The summed E-state index contributed by atoms with van der Waals surface area (Å²) < 4.78 is 0. The highest BCUT2D eigenvalue weighted by atomic mass is 32.1. The van der Waals surface area contributed by atoms with Crippen LogP contribution in [0, 0.1) is 11.8 Å². The first-order valence-corrected chi connectivity index (χ1v) is 5.08. The molecule has 0 aliphatic rings.